The van der Waals surface area contributed by atoms with Crippen LogP contribution in [0.25, 0.3) is 0 Å². The van der Waals surface area contributed by atoms with Crippen LogP contribution in [0.4, 0.5) is 0 Å². The topological polar surface area (TPSA) is 98.3 Å². The molecule has 7 heteroatoms. The molecule has 27 heavy (non-hydrogen) atoms. The Hall–Kier alpha value is -2.96. The van der Waals surface area contributed by atoms with Crippen LogP contribution in [-0.2, 0) is 25.5 Å². The van der Waals surface area contributed by atoms with Gasteiger partial charge in [-0.3, -0.25) is 4.79 Å². The highest BCUT2D eigenvalue weighted by Crippen LogP contribution is 2.26. The maximum atomic E-state index is 13.1. The number of aromatic nitrogens is 2. The van der Waals surface area contributed by atoms with Gasteiger partial charge in [-0.25, -0.2) is 14.6 Å². The summed E-state index contributed by atoms with van der Waals surface area (Å²) in [6.45, 7) is 5.39. The first kappa shape index (κ1) is 20.4. The van der Waals surface area contributed by atoms with Crippen molar-refractivity contribution in [1.29, 1.82) is 0 Å². The van der Waals surface area contributed by atoms with Gasteiger partial charge in [0.15, 0.2) is 5.78 Å². The smallest absolute Gasteiger partial charge is 0.358 e. The molecule has 0 saturated heterocycles. The van der Waals surface area contributed by atoms with Gasteiger partial charge in [0.1, 0.15) is 0 Å². The minimum absolute atomic E-state index is 0.0245. The van der Waals surface area contributed by atoms with Crippen LogP contribution >= 0.6 is 0 Å². The van der Waals surface area contributed by atoms with E-state index < -0.39 is 23.3 Å². The van der Waals surface area contributed by atoms with Gasteiger partial charge in [-0.1, -0.05) is 32.0 Å². The Morgan fingerprint density at radius 2 is 1.89 bits per heavy atom. The summed E-state index contributed by atoms with van der Waals surface area (Å²) < 4.78 is 10.7. The molecule has 0 radical (unpaired) electrons. The van der Waals surface area contributed by atoms with Crippen LogP contribution in [0.5, 0.6) is 0 Å². The van der Waals surface area contributed by atoms with Gasteiger partial charge in [0.2, 0.25) is 0 Å². The molecule has 1 unspecified atom stereocenters. The number of benzene rings is 1. The zero-order valence-corrected chi connectivity index (χ0v) is 15.7. The summed E-state index contributed by atoms with van der Waals surface area (Å²) in [7, 11) is 0. The molecule has 0 aliphatic rings. The van der Waals surface area contributed by atoms with Gasteiger partial charge < -0.3 is 14.5 Å². The summed E-state index contributed by atoms with van der Waals surface area (Å²) in [5, 5.41) is 0. The maximum Gasteiger partial charge on any atom is 0.358 e. The van der Waals surface area contributed by atoms with Crippen molar-refractivity contribution in [1.82, 2.24) is 9.97 Å². The number of nitrogens with zero attached hydrogens (tertiary/aromatic N) is 1. The Morgan fingerprint density at radius 1 is 1.19 bits per heavy atom. The molecular formula is C20H24N2O5. The van der Waals surface area contributed by atoms with E-state index in [0.29, 0.717) is 5.69 Å². The summed E-state index contributed by atoms with van der Waals surface area (Å²) in [6, 6.07) is 8.22. The molecule has 0 saturated carbocycles. The van der Waals surface area contributed by atoms with E-state index in [2.05, 4.69) is 9.97 Å². The number of carbonyl (C=O) groups excluding carboxylic acids is 3. The van der Waals surface area contributed by atoms with Gasteiger partial charge in [-0.2, -0.15) is 0 Å². The molecular weight excluding hydrogens is 348 g/mol. The third-order valence-corrected chi connectivity index (χ3v) is 3.92. The zero-order chi connectivity index (χ0) is 19.9. The van der Waals surface area contributed by atoms with Gasteiger partial charge in [0, 0.05) is 24.7 Å². The summed E-state index contributed by atoms with van der Waals surface area (Å²) >= 11 is 0. The summed E-state index contributed by atoms with van der Waals surface area (Å²) in [4.78, 5) is 45.3. The van der Waals surface area contributed by atoms with Crippen molar-refractivity contribution < 1.29 is 23.9 Å². The maximum absolute atomic E-state index is 13.1. The molecule has 0 fully saturated rings. The van der Waals surface area contributed by atoms with Crippen molar-refractivity contribution in [3.05, 3.63) is 54.1 Å². The molecule has 2 aromatic rings. The lowest BCUT2D eigenvalue weighted by Gasteiger charge is -2.30. The minimum atomic E-state index is -2.07. The lowest BCUT2D eigenvalue weighted by atomic mass is 9.87. The van der Waals surface area contributed by atoms with E-state index in [1.165, 1.54) is 12.5 Å². The number of H-pyrrole nitrogens is 1. The van der Waals surface area contributed by atoms with Crippen molar-refractivity contribution in [2.24, 2.45) is 5.92 Å². The molecule has 0 aliphatic heterocycles. The number of hydrogen-bond acceptors (Lipinski definition) is 6. The van der Waals surface area contributed by atoms with Gasteiger partial charge in [-0.15, -0.1) is 0 Å². The van der Waals surface area contributed by atoms with Gasteiger partial charge in [0.25, 0.3) is 5.60 Å². The van der Waals surface area contributed by atoms with Crippen LogP contribution in [0.2, 0.25) is 0 Å². The number of esters is 2. The van der Waals surface area contributed by atoms with E-state index in [4.69, 9.17) is 9.47 Å². The Bertz CT molecular complexity index is 771. The number of carbonyl (C=O) groups is 3. The average molecular weight is 372 g/mol. The number of ketones is 1. The molecule has 0 bridgehead atoms. The predicted molar refractivity (Wildman–Crippen MR) is 98.0 cm³/mol. The molecule has 0 amide bonds. The van der Waals surface area contributed by atoms with Crippen molar-refractivity contribution >= 4 is 17.7 Å². The van der Waals surface area contributed by atoms with E-state index in [-0.39, 0.29) is 30.9 Å². The van der Waals surface area contributed by atoms with Gasteiger partial charge in [-0.05, 0) is 25.0 Å². The standard InChI is InChI=1S/C20H24N2O5/c1-4-26-19(25)20(17(23)10-14(2)3,11-16-12-21-13-22-16)27-18(24)15-8-6-5-7-9-15/h5-9,12-14H,4,10-11H2,1-3H3,(H,21,22). The summed E-state index contributed by atoms with van der Waals surface area (Å²) in [5.74, 6) is -2.17. The van der Waals surface area contributed by atoms with Crippen molar-refractivity contribution in [3.8, 4) is 0 Å². The Kier molecular flexibility index (Phi) is 6.87. The Balaban J connectivity index is 2.46. The van der Waals surface area contributed by atoms with E-state index >= 15 is 0 Å². The number of nitrogens with one attached hydrogen (secondary N) is 1. The lowest BCUT2D eigenvalue weighted by molar-refractivity contribution is -0.171. The molecule has 1 atom stereocenters. The lowest BCUT2D eigenvalue weighted by Crippen LogP contribution is -2.53. The van der Waals surface area contributed by atoms with Crippen LogP contribution in [0.15, 0.2) is 42.9 Å². The van der Waals surface area contributed by atoms with E-state index in [0.717, 1.165) is 0 Å². The number of Topliss-reactive ketones (excluding diaryl/α,β-unsaturated/α-hetero) is 1. The molecule has 0 spiro atoms. The molecule has 0 aliphatic carbocycles. The second kappa shape index (κ2) is 9.12. The van der Waals surface area contributed by atoms with E-state index in [9.17, 15) is 14.4 Å². The molecule has 1 aromatic carbocycles. The largest absolute Gasteiger partial charge is 0.463 e. The van der Waals surface area contributed by atoms with Crippen molar-refractivity contribution in [2.45, 2.75) is 39.2 Å². The van der Waals surface area contributed by atoms with E-state index in [1.54, 1.807) is 37.3 Å². The number of aromatic amines is 1. The highest BCUT2D eigenvalue weighted by atomic mass is 16.6. The number of rotatable bonds is 9. The monoisotopic (exact) mass is 372 g/mol. The SMILES string of the molecule is CCOC(=O)C(Cc1cnc[nH]1)(OC(=O)c1ccccc1)C(=O)CC(C)C. The second-order valence-corrected chi connectivity index (χ2v) is 6.58. The van der Waals surface area contributed by atoms with Crippen LogP contribution in [-0.4, -0.2) is 39.9 Å². The molecule has 7 nitrogen and oxygen atoms in total. The first-order chi connectivity index (χ1) is 12.9. The zero-order valence-electron chi connectivity index (χ0n) is 15.7. The van der Waals surface area contributed by atoms with Crippen LogP contribution in [0.1, 0.15) is 43.2 Å². The molecule has 1 heterocycles. The summed E-state index contributed by atoms with van der Waals surface area (Å²) in [6.07, 6.45) is 2.80. The van der Waals surface area contributed by atoms with Crippen LogP contribution < -0.4 is 0 Å². The van der Waals surface area contributed by atoms with Crippen LogP contribution in [0.3, 0.4) is 0 Å². The number of imidazole rings is 1. The molecule has 144 valence electrons. The third kappa shape index (κ3) is 5.03. The quantitative estimate of drug-likeness (QED) is 0.537. The second-order valence-electron chi connectivity index (χ2n) is 6.58. The number of hydrogen-bond donors (Lipinski definition) is 1. The first-order valence-electron chi connectivity index (χ1n) is 8.85. The molecule has 1 aromatic heterocycles. The van der Waals surface area contributed by atoms with Gasteiger partial charge >= 0.3 is 11.9 Å². The van der Waals surface area contributed by atoms with Crippen molar-refractivity contribution in [2.75, 3.05) is 6.61 Å². The van der Waals surface area contributed by atoms with Gasteiger partial charge in [0.05, 0.1) is 18.5 Å². The fourth-order valence-electron chi connectivity index (χ4n) is 2.64. The minimum Gasteiger partial charge on any atom is -0.463 e. The predicted octanol–water partition coefficient (Wildman–Crippen LogP) is 2.73. The fraction of sp³-hybridized carbons (Fsp3) is 0.400. The molecule has 2 rings (SSSR count). The average Bonchev–Trinajstić information content (AvgIpc) is 3.14. The molecule has 1 N–H and O–H groups in total. The summed E-state index contributed by atoms with van der Waals surface area (Å²) in [5.41, 5.74) is -1.34. The Labute approximate surface area is 158 Å². The van der Waals surface area contributed by atoms with Crippen molar-refractivity contribution in [3.63, 3.8) is 0 Å². The van der Waals surface area contributed by atoms with Crippen LogP contribution in [0, 0.1) is 5.92 Å². The normalized spacial score (nSPS) is 13.0. The Morgan fingerprint density at radius 3 is 2.44 bits per heavy atom. The highest BCUT2D eigenvalue weighted by molar-refractivity contribution is 6.10. The third-order valence-electron chi connectivity index (χ3n) is 3.92. The highest BCUT2D eigenvalue weighted by Gasteiger charge is 2.51. The number of ether oxygens (including phenoxy) is 2. The fourth-order valence-corrected chi connectivity index (χ4v) is 2.64. The first-order valence-corrected chi connectivity index (χ1v) is 8.85. The van der Waals surface area contributed by atoms with E-state index in [1.807, 2.05) is 13.8 Å².